The Kier molecular flexibility index (Phi) is 4.01. The van der Waals surface area contributed by atoms with E-state index < -0.39 is 0 Å². The standard InChI is InChI=1S/C11H14FNS/c1-8-9(4-2-3-5-14)6-10(12)7-11(8)13/h2,4,6-7,14H,3,5,13H2,1H3. The molecule has 0 aliphatic heterocycles. The van der Waals surface area contributed by atoms with Gasteiger partial charge in [0, 0.05) is 5.69 Å². The zero-order valence-corrected chi connectivity index (χ0v) is 9.02. The third-order valence-electron chi connectivity index (χ3n) is 2.05. The third kappa shape index (κ3) is 2.77. The van der Waals surface area contributed by atoms with Crippen LogP contribution in [0.15, 0.2) is 18.2 Å². The van der Waals surface area contributed by atoms with Gasteiger partial charge < -0.3 is 5.73 Å². The van der Waals surface area contributed by atoms with Gasteiger partial charge in [0.2, 0.25) is 0 Å². The van der Waals surface area contributed by atoms with E-state index in [1.807, 2.05) is 19.1 Å². The van der Waals surface area contributed by atoms with Gasteiger partial charge >= 0.3 is 0 Å². The summed E-state index contributed by atoms with van der Waals surface area (Å²) in [6.07, 6.45) is 4.72. The predicted molar refractivity (Wildman–Crippen MR) is 63.1 cm³/mol. The van der Waals surface area contributed by atoms with Gasteiger partial charge in [-0.05, 0) is 42.4 Å². The van der Waals surface area contributed by atoms with Crippen molar-refractivity contribution in [2.45, 2.75) is 13.3 Å². The maximum Gasteiger partial charge on any atom is 0.125 e. The second-order valence-electron chi connectivity index (χ2n) is 3.12. The van der Waals surface area contributed by atoms with E-state index >= 15 is 0 Å². The van der Waals surface area contributed by atoms with Crippen LogP contribution in [0.2, 0.25) is 0 Å². The smallest absolute Gasteiger partial charge is 0.125 e. The minimum absolute atomic E-state index is 0.293. The average molecular weight is 211 g/mol. The Balaban J connectivity index is 2.96. The first-order chi connectivity index (χ1) is 6.65. The molecule has 3 heteroatoms. The molecular weight excluding hydrogens is 197 g/mol. The van der Waals surface area contributed by atoms with Crippen LogP contribution in [0, 0.1) is 12.7 Å². The number of nitrogen functional groups attached to an aromatic ring is 1. The largest absolute Gasteiger partial charge is 0.398 e. The minimum atomic E-state index is -0.293. The van der Waals surface area contributed by atoms with Crippen LogP contribution in [-0.4, -0.2) is 5.75 Å². The molecule has 76 valence electrons. The van der Waals surface area contributed by atoms with Gasteiger partial charge in [-0.3, -0.25) is 0 Å². The molecule has 0 saturated heterocycles. The van der Waals surface area contributed by atoms with Crippen LogP contribution in [-0.2, 0) is 0 Å². The molecule has 1 aromatic carbocycles. The second kappa shape index (κ2) is 5.05. The van der Waals surface area contributed by atoms with Gasteiger partial charge in [0.25, 0.3) is 0 Å². The highest BCUT2D eigenvalue weighted by Gasteiger charge is 2.01. The van der Waals surface area contributed by atoms with E-state index in [1.165, 1.54) is 12.1 Å². The van der Waals surface area contributed by atoms with E-state index in [4.69, 9.17) is 5.73 Å². The SMILES string of the molecule is Cc1c(N)cc(F)cc1C=CCCS. The van der Waals surface area contributed by atoms with E-state index in [0.29, 0.717) is 5.69 Å². The molecule has 0 radical (unpaired) electrons. The van der Waals surface area contributed by atoms with Crippen LogP contribution in [0.4, 0.5) is 10.1 Å². The van der Waals surface area contributed by atoms with Crippen LogP contribution in [0.1, 0.15) is 17.5 Å². The van der Waals surface area contributed by atoms with Gasteiger partial charge in [0.15, 0.2) is 0 Å². The molecule has 0 bridgehead atoms. The average Bonchev–Trinajstić information content (AvgIpc) is 2.13. The fraction of sp³-hybridized carbons (Fsp3) is 0.273. The van der Waals surface area contributed by atoms with Crippen LogP contribution in [0.5, 0.6) is 0 Å². The minimum Gasteiger partial charge on any atom is -0.398 e. The quantitative estimate of drug-likeness (QED) is 0.583. The topological polar surface area (TPSA) is 26.0 Å². The third-order valence-corrected chi connectivity index (χ3v) is 2.30. The van der Waals surface area contributed by atoms with Gasteiger partial charge in [-0.1, -0.05) is 12.2 Å². The molecule has 0 spiro atoms. The van der Waals surface area contributed by atoms with Gasteiger partial charge in [-0.2, -0.15) is 12.6 Å². The molecule has 1 nitrogen and oxygen atoms in total. The number of anilines is 1. The summed E-state index contributed by atoms with van der Waals surface area (Å²) in [7, 11) is 0. The molecule has 1 rings (SSSR count). The van der Waals surface area contributed by atoms with Crippen molar-refractivity contribution in [2.24, 2.45) is 0 Å². The zero-order chi connectivity index (χ0) is 10.6. The molecule has 0 saturated carbocycles. The maximum absolute atomic E-state index is 13.0. The Morgan fingerprint density at radius 3 is 2.86 bits per heavy atom. The summed E-state index contributed by atoms with van der Waals surface area (Å²) < 4.78 is 13.0. The monoisotopic (exact) mass is 211 g/mol. The Hall–Kier alpha value is -0.960. The van der Waals surface area contributed by atoms with Crippen LogP contribution < -0.4 is 5.73 Å². The number of rotatable bonds is 3. The lowest BCUT2D eigenvalue weighted by atomic mass is 10.1. The molecule has 0 aliphatic carbocycles. The Labute approximate surface area is 89.2 Å². The summed E-state index contributed by atoms with van der Waals surface area (Å²) in [6, 6.07) is 2.83. The van der Waals surface area contributed by atoms with Crippen molar-refractivity contribution in [1.82, 2.24) is 0 Å². The van der Waals surface area contributed by atoms with Crippen molar-refractivity contribution in [2.75, 3.05) is 11.5 Å². The number of thiol groups is 1. The van der Waals surface area contributed by atoms with Crippen molar-refractivity contribution in [3.8, 4) is 0 Å². The molecule has 0 heterocycles. The van der Waals surface area contributed by atoms with Crippen molar-refractivity contribution in [3.63, 3.8) is 0 Å². The fourth-order valence-corrected chi connectivity index (χ4v) is 1.33. The van der Waals surface area contributed by atoms with Crippen molar-refractivity contribution < 1.29 is 4.39 Å². The van der Waals surface area contributed by atoms with Crippen LogP contribution >= 0.6 is 12.6 Å². The van der Waals surface area contributed by atoms with Crippen molar-refractivity contribution >= 4 is 24.4 Å². The molecule has 0 atom stereocenters. The molecule has 1 aromatic rings. The van der Waals surface area contributed by atoms with E-state index in [2.05, 4.69) is 12.6 Å². The number of hydrogen-bond acceptors (Lipinski definition) is 2. The maximum atomic E-state index is 13.0. The predicted octanol–water partition coefficient (Wildman–Crippen LogP) is 3.05. The summed E-state index contributed by atoms with van der Waals surface area (Å²) >= 11 is 4.08. The molecule has 0 aromatic heterocycles. The normalized spacial score (nSPS) is 11.1. The zero-order valence-electron chi connectivity index (χ0n) is 8.13. The molecule has 0 unspecified atom stereocenters. The van der Waals surface area contributed by atoms with Crippen LogP contribution in [0.25, 0.3) is 6.08 Å². The van der Waals surface area contributed by atoms with Crippen molar-refractivity contribution in [1.29, 1.82) is 0 Å². The summed E-state index contributed by atoms with van der Waals surface area (Å²) in [6.45, 7) is 1.88. The first kappa shape index (κ1) is 11.1. The molecule has 0 aliphatic rings. The number of halogens is 1. The van der Waals surface area contributed by atoms with E-state index in [0.717, 1.165) is 23.3 Å². The van der Waals surface area contributed by atoms with Gasteiger partial charge in [0.05, 0.1) is 0 Å². The lowest BCUT2D eigenvalue weighted by Gasteiger charge is -2.04. The summed E-state index contributed by atoms with van der Waals surface area (Å²) in [5.74, 6) is 0.499. The fourth-order valence-electron chi connectivity index (χ4n) is 1.18. The van der Waals surface area contributed by atoms with E-state index in [9.17, 15) is 4.39 Å². The number of nitrogens with two attached hydrogens (primary N) is 1. The number of allylic oxidation sites excluding steroid dienone is 1. The van der Waals surface area contributed by atoms with Gasteiger partial charge in [-0.15, -0.1) is 0 Å². The molecule has 0 fully saturated rings. The second-order valence-corrected chi connectivity index (χ2v) is 3.57. The highest BCUT2D eigenvalue weighted by atomic mass is 32.1. The first-order valence-corrected chi connectivity index (χ1v) is 5.11. The van der Waals surface area contributed by atoms with Crippen LogP contribution in [0.3, 0.4) is 0 Å². The Bertz CT molecular complexity index is 347. The number of benzene rings is 1. The molecular formula is C11H14FNS. The molecule has 14 heavy (non-hydrogen) atoms. The van der Waals surface area contributed by atoms with Gasteiger partial charge in [0.1, 0.15) is 5.82 Å². The molecule has 0 amide bonds. The van der Waals surface area contributed by atoms with Gasteiger partial charge in [-0.25, -0.2) is 4.39 Å². The highest BCUT2D eigenvalue weighted by Crippen LogP contribution is 2.19. The van der Waals surface area contributed by atoms with Crippen molar-refractivity contribution in [3.05, 3.63) is 35.2 Å². The number of hydrogen-bond donors (Lipinski definition) is 2. The lowest BCUT2D eigenvalue weighted by molar-refractivity contribution is 0.628. The first-order valence-electron chi connectivity index (χ1n) is 4.48. The Morgan fingerprint density at radius 2 is 2.21 bits per heavy atom. The van der Waals surface area contributed by atoms with E-state index in [1.54, 1.807) is 0 Å². The lowest BCUT2D eigenvalue weighted by Crippen LogP contribution is -1.93. The Morgan fingerprint density at radius 1 is 1.50 bits per heavy atom. The summed E-state index contributed by atoms with van der Waals surface area (Å²) in [5, 5.41) is 0. The molecule has 2 N–H and O–H groups in total. The highest BCUT2D eigenvalue weighted by molar-refractivity contribution is 7.80. The summed E-state index contributed by atoms with van der Waals surface area (Å²) in [4.78, 5) is 0. The summed E-state index contributed by atoms with van der Waals surface area (Å²) in [5.41, 5.74) is 7.89. The van der Waals surface area contributed by atoms with E-state index in [-0.39, 0.29) is 5.82 Å².